The zero-order valence-electron chi connectivity index (χ0n) is 56.6. The summed E-state index contributed by atoms with van der Waals surface area (Å²) in [6.07, 6.45) is 5.51. The van der Waals surface area contributed by atoms with E-state index in [4.69, 9.17) is 0 Å². The van der Waals surface area contributed by atoms with Crippen molar-refractivity contribution in [3.63, 3.8) is 0 Å². The summed E-state index contributed by atoms with van der Waals surface area (Å²) in [4.78, 5) is 170. The number of nitrogens with one attached hydrogen (secondary N) is 4. The normalized spacial score (nSPS) is 27.2. The Kier molecular flexibility index (Phi) is 31.6. The van der Waals surface area contributed by atoms with Crippen molar-refractivity contribution in [3.8, 4) is 0 Å². The van der Waals surface area contributed by atoms with E-state index in [0.717, 1.165) is 0 Å². The second-order valence-corrected chi connectivity index (χ2v) is 26.1. The molecule has 0 bridgehead atoms. The highest BCUT2D eigenvalue weighted by molar-refractivity contribution is 5.99. The van der Waals surface area contributed by atoms with Crippen LogP contribution in [-0.2, 0) is 52.7 Å². The molecule has 1 saturated heterocycles. The van der Waals surface area contributed by atoms with Gasteiger partial charge in [0.25, 0.3) is 0 Å². The Labute approximate surface area is 510 Å². The average Bonchev–Trinajstić information content (AvgIpc) is 3.49. The summed E-state index contributed by atoms with van der Waals surface area (Å²) in [5.41, 5.74) is 0. The van der Waals surface area contributed by atoms with Gasteiger partial charge in [-0.05, 0) is 100 Å². The summed E-state index contributed by atoms with van der Waals surface area (Å²) < 4.78 is 0. The van der Waals surface area contributed by atoms with E-state index >= 15 is 9.59 Å². The highest BCUT2D eigenvalue weighted by Crippen LogP contribution is 2.28. The van der Waals surface area contributed by atoms with Crippen LogP contribution < -0.4 is 21.3 Å². The van der Waals surface area contributed by atoms with E-state index in [2.05, 4.69) is 21.3 Å². The molecule has 0 aromatic heterocycles. The van der Waals surface area contributed by atoms with Crippen molar-refractivity contribution in [2.75, 3.05) is 55.9 Å². The van der Waals surface area contributed by atoms with Gasteiger partial charge in [0.2, 0.25) is 65.0 Å². The number of nitrogens with zero attached hydrogens (tertiary/aromatic N) is 7. The van der Waals surface area contributed by atoms with Gasteiger partial charge in [0.1, 0.15) is 60.4 Å². The maximum atomic E-state index is 15.2. The van der Waals surface area contributed by atoms with Gasteiger partial charge in [-0.2, -0.15) is 0 Å². The van der Waals surface area contributed by atoms with Gasteiger partial charge in [-0.1, -0.05) is 122 Å². The molecule has 0 radical (unpaired) electrons. The predicted molar refractivity (Wildman–Crippen MR) is 332 cm³/mol. The van der Waals surface area contributed by atoms with Crippen LogP contribution in [0.1, 0.15) is 163 Å². The van der Waals surface area contributed by atoms with Crippen molar-refractivity contribution in [2.45, 2.75) is 224 Å². The van der Waals surface area contributed by atoms with Crippen molar-refractivity contribution in [2.24, 2.45) is 47.3 Å². The third-order valence-corrected chi connectivity index (χ3v) is 17.0. The fourth-order valence-electron chi connectivity index (χ4n) is 11.1. The van der Waals surface area contributed by atoms with Gasteiger partial charge in [0, 0.05) is 49.3 Å². The number of carbonyl (C=O) groups excluding carboxylic acids is 11. The Morgan fingerprint density at radius 3 is 1.36 bits per heavy atom. The minimum atomic E-state index is -1.21. The van der Waals surface area contributed by atoms with Gasteiger partial charge in [0.15, 0.2) is 0 Å². The van der Waals surface area contributed by atoms with Gasteiger partial charge < -0.3 is 55.6 Å². The van der Waals surface area contributed by atoms with E-state index in [-0.39, 0.29) is 49.4 Å². The van der Waals surface area contributed by atoms with Crippen LogP contribution in [0.5, 0.6) is 0 Å². The number of rotatable bonds is 15. The third kappa shape index (κ3) is 21.1. The number of hydrogen-bond acceptors (Lipinski definition) is 11. The molecule has 22 heteroatoms. The molecule has 22 nitrogen and oxygen atoms in total. The Balaban J connectivity index is 4.33. The molecule has 1 aliphatic heterocycles. The molecule has 0 aromatic carbocycles. The smallest absolute Gasteiger partial charge is 0.246 e. The summed E-state index contributed by atoms with van der Waals surface area (Å²) in [7, 11) is 10.3. The van der Waals surface area contributed by atoms with E-state index in [1.165, 1.54) is 97.5 Å². The van der Waals surface area contributed by atoms with E-state index < -0.39 is 156 Å². The van der Waals surface area contributed by atoms with Crippen LogP contribution in [-0.4, -0.2) is 216 Å². The third-order valence-electron chi connectivity index (χ3n) is 17.0. The number of allylic oxidation sites excluding steroid dienone is 2. The highest BCUT2D eigenvalue weighted by atomic mass is 16.2. The Morgan fingerprint density at radius 1 is 0.459 bits per heavy atom. The molecular formula is C63H113N11O11. The SMILES string of the molecule is C/C=C/C[C@@H](C)[C@@H](C)[C@H]1C(=O)N[C@@H](CC)C(=O)N(C)CC(=O)N(C)[C@@H](C(C)CC)C(=O)N[C@@H](C(C)C)C(=O)N(C)[C@@H](CC(C)C)C(=O)N[C@@H](C)C(=O)N[C@H](C)C(=O)N(C)[C@@H](CC(C)C)C(=O)N(C)[C@@H](CC(C)C)C(=O)N(C)[C@@H](C(C)C)C(=O)N1C. The molecule has 4 N–H and O–H groups in total. The molecule has 1 unspecified atom stereocenters. The molecule has 1 rings (SSSR count). The van der Waals surface area contributed by atoms with Crippen molar-refractivity contribution < 1.29 is 52.7 Å². The summed E-state index contributed by atoms with van der Waals surface area (Å²) in [5, 5.41) is 11.2. The number of amides is 11. The Hall–Kier alpha value is -6.09. The van der Waals surface area contributed by atoms with Crippen LogP contribution in [0, 0.1) is 47.3 Å². The molecule has 1 fully saturated rings. The van der Waals surface area contributed by atoms with Gasteiger partial charge in [-0.25, -0.2) is 0 Å². The quantitative estimate of drug-likeness (QED) is 0.166. The van der Waals surface area contributed by atoms with E-state index in [0.29, 0.717) is 12.8 Å². The molecule has 0 aliphatic carbocycles. The van der Waals surface area contributed by atoms with Crippen LogP contribution in [0.15, 0.2) is 12.2 Å². The molecule has 85 heavy (non-hydrogen) atoms. The second kappa shape index (κ2) is 34.9. The van der Waals surface area contributed by atoms with Crippen LogP contribution in [0.2, 0.25) is 0 Å². The summed E-state index contributed by atoms with van der Waals surface area (Å²) in [5.74, 6) is -9.20. The second-order valence-electron chi connectivity index (χ2n) is 26.1. The van der Waals surface area contributed by atoms with Crippen LogP contribution in [0.3, 0.4) is 0 Å². The first-order valence-electron chi connectivity index (χ1n) is 30.9. The molecule has 11 amide bonds. The van der Waals surface area contributed by atoms with Crippen molar-refractivity contribution in [1.82, 2.24) is 55.6 Å². The maximum Gasteiger partial charge on any atom is 0.246 e. The largest absolute Gasteiger partial charge is 0.343 e. The fourth-order valence-corrected chi connectivity index (χ4v) is 11.1. The van der Waals surface area contributed by atoms with Gasteiger partial charge >= 0.3 is 0 Å². The molecule has 0 aromatic rings. The average molecular weight is 1200 g/mol. The topological polar surface area (TPSA) is 259 Å². The fraction of sp³-hybridized carbons (Fsp3) is 0.794. The highest BCUT2D eigenvalue weighted by Gasteiger charge is 2.45. The van der Waals surface area contributed by atoms with Crippen molar-refractivity contribution >= 4 is 65.0 Å². The Morgan fingerprint density at radius 2 is 0.906 bits per heavy atom. The first-order chi connectivity index (χ1) is 39.3. The zero-order chi connectivity index (χ0) is 66.0. The van der Waals surface area contributed by atoms with Crippen molar-refractivity contribution in [3.05, 3.63) is 12.2 Å². The molecular weight excluding hydrogens is 1090 g/mol. The lowest BCUT2D eigenvalue weighted by Crippen LogP contribution is -2.62. The lowest BCUT2D eigenvalue weighted by Gasteiger charge is -2.42. The minimum absolute atomic E-state index is 0.104. The summed E-state index contributed by atoms with van der Waals surface area (Å²) >= 11 is 0. The van der Waals surface area contributed by atoms with Gasteiger partial charge in [-0.3, -0.25) is 52.7 Å². The molecule has 1 aliphatic rings. The van der Waals surface area contributed by atoms with Gasteiger partial charge in [0.05, 0.1) is 6.54 Å². The predicted octanol–water partition coefficient (Wildman–Crippen LogP) is 4.54. The van der Waals surface area contributed by atoms with Crippen LogP contribution >= 0.6 is 0 Å². The summed E-state index contributed by atoms with van der Waals surface area (Å²) in [6.45, 7) is 31.8. The summed E-state index contributed by atoms with van der Waals surface area (Å²) in [6, 6.07) is -11.5. The van der Waals surface area contributed by atoms with E-state index in [9.17, 15) is 43.2 Å². The van der Waals surface area contributed by atoms with Gasteiger partial charge in [-0.15, -0.1) is 0 Å². The van der Waals surface area contributed by atoms with Crippen molar-refractivity contribution in [1.29, 1.82) is 0 Å². The van der Waals surface area contributed by atoms with E-state index in [1.54, 1.807) is 41.5 Å². The molecule has 486 valence electrons. The number of hydrogen-bond donors (Lipinski definition) is 4. The standard InChI is InChI=1S/C63H113N11O11/c1-26-29-30-41(15)42(16)53-57(79)66-45(28-3)59(81)68(19)34-49(75)72(23)52(40(14)27-2)56(78)67-50(38(10)11)62(84)69(20)46(31-35(4)5)55(77)64-43(17)54(76)65-44(18)58(80)70(21)47(32-36(6)7)60(82)71(22)48(33-37(8)9)61(83)73(24)51(39(12)13)63(85)74(53)25/h26,29,35-48,50-53H,27-28,30-34H2,1-25H3,(H,64,77)(H,65,76)(H,66,79)(H,67,78)/b29-26+/t40?,41-,42-,43+,44-,45+,46+,47+,48+,50+,51+,52+,53+/m1/s1. The minimum Gasteiger partial charge on any atom is -0.343 e. The number of likely N-dealkylation sites (N-methyl/N-ethyl adjacent to an activating group) is 7. The first kappa shape index (κ1) is 76.9. The zero-order valence-corrected chi connectivity index (χ0v) is 56.6. The molecule has 1 heterocycles. The maximum absolute atomic E-state index is 15.2. The van der Waals surface area contributed by atoms with Crippen LogP contribution in [0.4, 0.5) is 0 Å². The monoisotopic (exact) mass is 1200 g/mol. The van der Waals surface area contributed by atoms with E-state index in [1.807, 2.05) is 81.4 Å². The molecule has 13 atom stereocenters. The molecule has 0 spiro atoms. The van der Waals surface area contributed by atoms with Crippen LogP contribution in [0.25, 0.3) is 0 Å². The lowest BCUT2D eigenvalue weighted by atomic mass is 9.84. The Bertz CT molecular complexity index is 2320. The lowest BCUT2D eigenvalue weighted by molar-refractivity contribution is -0.156. The number of carbonyl (C=O) groups is 11. The molecule has 0 saturated carbocycles. The first-order valence-corrected chi connectivity index (χ1v) is 30.9.